The quantitative estimate of drug-likeness (QED) is 0.503. The first kappa shape index (κ1) is 22.4. The lowest BCUT2D eigenvalue weighted by Gasteiger charge is -2.15. The van der Waals surface area contributed by atoms with Crippen LogP contribution in [0.25, 0.3) is 0 Å². The number of benzene rings is 2. The van der Waals surface area contributed by atoms with Crippen molar-refractivity contribution in [3.63, 3.8) is 0 Å². The molecule has 0 saturated carbocycles. The molecule has 0 bridgehead atoms. The number of alkyl halides is 2. The highest BCUT2D eigenvalue weighted by atomic mass is 35.5. The highest BCUT2D eigenvalue weighted by molar-refractivity contribution is 5.85. The summed E-state index contributed by atoms with van der Waals surface area (Å²) >= 11 is 0. The SMILES string of the molecule is COc1cccc(CNCc2ccc([N+](=O)[O-])c(OC)c2OC(F)F)c1.Cl. The van der Waals surface area contributed by atoms with E-state index in [4.69, 9.17) is 9.47 Å². The molecule has 0 heterocycles. The standard InChI is InChI=1S/C17H18F2N2O5.ClH/c1-24-13-5-3-4-11(8-13)9-20-10-12-6-7-14(21(22)23)16(25-2)15(12)26-17(18)19;/h3-8,17,20H,9-10H2,1-2H3;1H. The van der Waals surface area contributed by atoms with Crippen molar-refractivity contribution >= 4 is 18.1 Å². The highest BCUT2D eigenvalue weighted by Crippen LogP contribution is 2.40. The van der Waals surface area contributed by atoms with E-state index in [0.29, 0.717) is 17.9 Å². The number of ether oxygens (including phenoxy) is 3. The molecule has 0 amide bonds. The number of hydrogen-bond acceptors (Lipinski definition) is 6. The van der Waals surface area contributed by atoms with Gasteiger partial charge < -0.3 is 19.5 Å². The van der Waals surface area contributed by atoms with Crippen molar-refractivity contribution in [2.45, 2.75) is 19.7 Å². The third kappa shape index (κ3) is 5.93. The van der Waals surface area contributed by atoms with Gasteiger partial charge in [-0.15, -0.1) is 12.4 Å². The van der Waals surface area contributed by atoms with Crippen LogP contribution < -0.4 is 19.5 Å². The lowest BCUT2D eigenvalue weighted by molar-refractivity contribution is -0.385. The van der Waals surface area contributed by atoms with Gasteiger partial charge in [0.25, 0.3) is 0 Å². The monoisotopic (exact) mass is 404 g/mol. The van der Waals surface area contributed by atoms with Crippen LogP contribution >= 0.6 is 12.4 Å². The summed E-state index contributed by atoms with van der Waals surface area (Å²) in [5.41, 5.74) is 0.796. The average molecular weight is 405 g/mol. The van der Waals surface area contributed by atoms with Gasteiger partial charge in [-0.05, 0) is 23.8 Å². The summed E-state index contributed by atoms with van der Waals surface area (Å²) < 4.78 is 40.0. The lowest BCUT2D eigenvalue weighted by Crippen LogP contribution is -2.15. The van der Waals surface area contributed by atoms with Crippen molar-refractivity contribution in [3.8, 4) is 17.2 Å². The normalized spacial score (nSPS) is 10.3. The Morgan fingerprint density at radius 2 is 1.85 bits per heavy atom. The molecule has 10 heteroatoms. The van der Waals surface area contributed by atoms with Crippen molar-refractivity contribution in [3.05, 3.63) is 57.6 Å². The number of nitro benzene ring substituents is 1. The Morgan fingerprint density at radius 1 is 1.11 bits per heavy atom. The third-order valence-electron chi connectivity index (χ3n) is 3.56. The van der Waals surface area contributed by atoms with Gasteiger partial charge in [0, 0.05) is 24.7 Å². The lowest BCUT2D eigenvalue weighted by atomic mass is 10.1. The fourth-order valence-electron chi connectivity index (χ4n) is 2.42. The molecule has 148 valence electrons. The van der Waals surface area contributed by atoms with Gasteiger partial charge in [-0.1, -0.05) is 12.1 Å². The number of methoxy groups -OCH3 is 2. The van der Waals surface area contributed by atoms with Gasteiger partial charge in [0.2, 0.25) is 5.75 Å². The minimum Gasteiger partial charge on any atom is -0.497 e. The number of halogens is 3. The van der Waals surface area contributed by atoms with E-state index in [1.807, 2.05) is 18.2 Å². The second kappa shape index (κ2) is 10.5. The van der Waals surface area contributed by atoms with Gasteiger partial charge >= 0.3 is 12.3 Å². The van der Waals surface area contributed by atoms with E-state index in [2.05, 4.69) is 10.1 Å². The zero-order valence-electron chi connectivity index (χ0n) is 14.6. The number of rotatable bonds is 9. The van der Waals surface area contributed by atoms with Crippen LogP contribution in [0.1, 0.15) is 11.1 Å². The summed E-state index contributed by atoms with van der Waals surface area (Å²) in [5.74, 6) is 0.00819. The topological polar surface area (TPSA) is 82.9 Å². The number of nitrogens with one attached hydrogen (secondary N) is 1. The van der Waals surface area contributed by atoms with Gasteiger partial charge in [-0.3, -0.25) is 10.1 Å². The first-order chi connectivity index (χ1) is 12.5. The molecular weight excluding hydrogens is 386 g/mol. The first-order valence-corrected chi connectivity index (χ1v) is 7.59. The maximum absolute atomic E-state index is 12.7. The molecule has 0 atom stereocenters. The minimum atomic E-state index is -3.14. The number of hydrogen-bond donors (Lipinski definition) is 1. The van der Waals surface area contributed by atoms with Crippen LogP contribution in [-0.2, 0) is 13.1 Å². The van der Waals surface area contributed by atoms with E-state index >= 15 is 0 Å². The Balaban J connectivity index is 0.00000364. The summed E-state index contributed by atoms with van der Waals surface area (Å²) in [7, 11) is 2.72. The van der Waals surface area contributed by atoms with E-state index < -0.39 is 17.2 Å². The van der Waals surface area contributed by atoms with Crippen LogP contribution in [0.15, 0.2) is 36.4 Å². The second-order valence-corrected chi connectivity index (χ2v) is 5.20. The Morgan fingerprint density at radius 3 is 2.44 bits per heavy atom. The van der Waals surface area contributed by atoms with Gasteiger partial charge in [-0.25, -0.2) is 0 Å². The summed E-state index contributed by atoms with van der Waals surface area (Å²) in [6.07, 6.45) is 0. The molecular formula is C17H19ClF2N2O5. The summed E-state index contributed by atoms with van der Waals surface area (Å²) in [6.45, 7) is -2.55. The third-order valence-corrected chi connectivity index (χ3v) is 3.56. The summed E-state index contributed by atoms with van der Waals surface area (Å²) in [6, 6.07) is 9.90. The van der Waals surface area contributed by atoms with E-state index in [-0.39, 0.29) is 30.5 Å². The molecule has 2 aromatic rings. The first-order valence-electron chi connectivity index (χ1n) is 7.59. The highest BCUT2D eigenvalue weighted by Gasteiger charge is 2.25. The molecule has 0 aliphatic carbocycles. The van der Waals surface area contributed by atoms with Gasteiger partial charge in [0.15, 0.2) is 5.75 Å². The van der Waals surface area contributed by atoms with E-state index in [0.717, 1.165) is 12.7 Å². The van der Waals surface area contributed by atoms with Crippen LogP contribution in [-0.4, -0.2) is 25.8 Å². The van der Waals surface area contributed by atoms with Crippen LogP contribution in [0.4, 0.5) is 14.5 Å². The van der Waals surface area contributed by atoms with Crippen LogP contribution in [0.2, 0.25) is 0 Å². The Bertz CT molecular complexity index is 777. The predicted octanol–water partition coefficient (Wildman–Crippen LogP) is 3.93. The summed E-state index contributed by atoms with van der Waals surface area (Å²) in [4.78, 5) is 10.3. The number of nitrogens with zero attached hydrogens (tertiary/aromatic N) is 1. The average Bonchev–Trinajstić information content (AvgIpc) is 2.62. The van der Waals surface area contributed by atoms with E-state index in [1.54, 1.807) is 13.2 Å². The molecule has 0 aromatic heterocycles. The Hall–Kier alpha value is -2.65. The van der Waals surface area contributed by atoms with E-state index in [1.165, 1.54) is 12.1 Å². The molecule has 0 fully saturated rings. The second-order valence-electron chi connectivity index (χ2n) is 5.20. The molecule has 0 saturated heterocycles. The molecule has 0 aliphatic rings. The molecule has 1 N–H and O–H groups in total. The molecule has 2 aromatic carbocycles. The van der Waals surface area contributed by atoms with Crippen molar-refractivity contribution in [1.82, 2.24) is 5.32 Å². The smallest absolute Gasteiger partial charge is 0.387 e. The van der Waals surface area contributed by atoms with Crippen molar-refractivity contribution in [2.24, 2.45) is 0 Å². The molecule has 0 aliphatic heterocycles. The molecule has 27 heavy (non-hydrogen) atoms. The van der Waals surface area contributed by atoms with Crippen molar-refractivity contribution < 1.29 is 27.9 Å². The Kier molecular flexibility index (Phi) is 8.70. The van der Waals surface area contributed by atoms with Crippen LogP contribution in [0.5, 0.6) is 17.2 Å². The maximum atomic E-state index is 12.7. The van der Waals surface area contributed by atoms with Crippen LogP contribution in [0.3, 0.4) is 0 Å². The van der Waals surface area contributed by atoms with Crippen LogP contribution in [0, 0.1) is 10.1 Å². The van der Waals surface area contributed by atoms with Crippen molar-refractivity contribution in [2.75, 3.05) is 14.2 Å². The zero-order chi connectivity index (χ0) is 19.1. The van der Waals surface area contributed by atoms with Crippen molar-refractivity contribution in [1.29, 1.82) is 0 Å². The predicted molar refractivity (Wildman–Crippen MR) is 97.1 cm³/mol. The molecule has 0 unspecified atom stereocenters. The maximum Gasteiger partial charge on any atom is 0.387 e. The van der Waals surface area contributed by atoms with Gasteiger partial charge in [-0.2, -0.15) is 8.78 Å². The zero-order valence-corrected chi connectivity index (χ0v) is 15.4. The Labute approximate surface area is 160 Å². The minimum absolute atomic E-state index is 0. The fraction of sp³-hybridized carbons (Fsp3) is 0.294. The molecule has 0 spiro atoms. The summed E-state index contributed by atoms with van der Waals surface area (Å²) in [5, 5.41) is 14.1. The van der Waals surface area contributed by atoms with Gasteiger partial charge in [0.1, 0.15) is 5.75 Å². The number of nitro groups is 1. The fourth-order valence-corrected chi connectivity index (χ4v) is 2.42. The van der Waals surface area contributed by atoms with Gasteiger partial charge in [0.05, 0.1) is 19.1 Å². The van der Waals surface area contributed by atoms with E-state index in [9.17, 15) is 18.9 Å². The molecule has 2 rings (SSSR count). The molecule has 7 nitrogen and oxygen atoms in total. The largest absolute Gasteiger partial charge is 0.497 e. The molecule has 0 radical (unpaired) electrons.